The Morgan fingerprint density at radius 2 is 1.93 bits per heavy atom. The van der Waals surface area contributed by atoms with Crippen molar-refractivity contribution in [3.63, 3.8) is 0 Å². The third-order valence-electron chi connectivity index (χ3n) is 3.81. The molecule has 0 saturated heterocycles. The number of hydrogen-bond donors (Lipinski definition) is 2. The molecule has 0 radical (unpaired) electrons. The van der Waals surface area contributed by atoms with Crippen LogP contribution in [0.2, 0.25) is 0 Å². The highest BCUT2D eigenvalue weighted by atomic mass is 19.1. The van der Waals surface area contributed by atoms with Crippen molar-refractivity contribution in [1.29, 1.82) is 0 Å². The van der Waals surface area contributed by atoms with Crippen molar-refractivity contribution in [1.82, 2.24) is 26.0 Å². The highest BCUT2D eigenvalue weighted by molar-refractivity contribution is 5.84. The zero-order valence-corrected chi connectivity index (χ0v) is 15.5. The minimum Gasteiger partial charge on any atom is -0.478 e. The van der Waals surface area contributed by atoms with E-state index in [1.165, 1.54) is 25.1 Å². The van der Waals surface area contributed by atoms with Gasteiger partial charge in [0.2, 0.25) is 17.6 Å². The van der Waals surface area contributed by atoms with Crippen LogP contribution in [0, 0.1) is 5.82 Å². The molecule has 0 aliphatic heterocycles. The lowest BCUT2D eigenvalue weighted by atomic mass is 10.2. The molecule has 2 N–H and O–H groups in total. The smallest absolute Gasteiger partial charge is 0.279 e. The van der Waals surface area contributed by atoms with Gasteiger partial charge < -0.3 is 9.26 Å². The Balaban J connectivity index is 1.42. The summed E-state index contributed by atoms with van der Waals surface area (Å²) in [5.74, 6) is -1.03. The number of nitrogens with one attached hydrogen (secondary N) is 2. The Morgan fingerprint density at radius 3 is 2.69 bits per heavy atom. The lowest BCUT2D eigenvalue weighted by Crippen LogP contribution is -2.47. The third kappa shape index (κ3) is 5.58. The van der Waals surface area contributed by atoms with Crippen molar-refractivity contribution in [3.05, 3.63) is 60.5 Å². The molecule has 0 spiro atoms. The second-order valence-corrected chi connectivity index (χ2v) is 5.98. The molecule has 0 unspecified atom stereocenters. The minimum absolute atomic E-state index is 0.0147. The number of carbonyl (C=O) groups excluding carboxylic acids is 2. The highest BCUT2D eigenvalue weighted by Gasteiger charge is 2.17. The van der Waals surface area contributed by atoms with E-state index in [1.807, 2.05) is 0 Å². The van der Waals surface area contributed by atoms with Crippen LogP contribution in [0.5, 0.6) is 5.75 Å². The second-order valence-electron chi connectivity index (χ2n) is 5.98. The fourth-order valence-electron chi connectivity index (χ4n) is 2.27. The van der Waals surface area contributed by atoms with Gasteiger partial charge in [0, 0.05) is 30.8 Å². The molecule has 1 aromatic carbocycles. The predicted molar refractivity (Wildman–Crippen MR) is 98.6 cm³/mol. The van der Waals surface area contributed by atoms with Gasteiger partial charge in [0.25, 0.3) is 5.91 Å². The van der Waals surface area contributed by atoms with Gasteiger partial charge >= 0.3 is 0 Å². The summed E-state index contributed by atoms with van der Waals surface area (Å²) in [7, 11) is 0. The molecule has 0 saturated carbocycles. The molecule has 0 fully saturated rings. The van der Waals surface area contributed by atoms with Crippen LogP contribution in [-0.2, 0) is 16.0 Å². The number of pyridine rings is 1. The van der Waals surface area contributed by atoms with E-state index >= 15 is 0 Å². The van der Waals surface area contributed by atoms with Gasteiger partial charge in [-0.25, -0.2) is 4.39 Å². The zero-order chi connectivity index (χ0) is 20.6. The second kappa shape index (κ2) is 9.40. The molecule has 9 nitrogen and oxygen atoms in total. The first kappa shape index (κ1) is 19.9. The summed E-state index contributed by atoms with van der Waals surface area (Å²) in [4.78, 5) is 32.0. The van der Waals surface area contributed by atoms with Crippen molar-refractivity contribution >= 4 is 11.8 Å². The van der Waals surface area contributed by atoms with Gasteiger partial charge in [-0.05, 0) is 31.2 Å². The number of rotatable bonds is 7. The summed E-state index contributed by atoms with van der Waals surface area (Å²) < 4.78 is 23.9. The molecular formula is C19H18FN5O4. The van der Waals surface area contributed by atoms with Gasteiger partial charge in [-0.15, -0.1) is 0 Å². The van der Waals surface area contributed by atoms with E-state index in [4.69, 9.17) is 9.26 Å². The Kier molecular flexibility index (Phi) is 6.46. The van der Waals surface area contributed by atoms with Crippen LogP contribution < -0.4 is 15.6 Å². The zero-order valence-electron chi connectivity index (χ0n) is 15.5. The number of halogens is 1. The Labute approximate surface area is 165 Å². The van der Waals surface area contributed by atoms with Crippen LogP contribution in [0.15, 0.2) is 53.3 Å². The Bertz CT molecular complexity index is 979. The van der Waals surface area contributed by atoms with Crippen molar-refractivity contribution < 1.29 is 23.2 Å². The van der Waals surface area contributed by atoms with Crippen LogP contribution in [0.4, 0.5) is 4.39 Å². The predicted octanol–water partition coefficient (Wildman–Crippen LogP) is 1.82. The number of aromatic nitrogens is 3. The van der Waals surface area contributed by atoms with E-state index in [0.717, 1.165) is 5.56 Å². The van der Waals surface area contributed by atoms with Crippen LogP contribution in [-0.4, -0.2) is 33.0 Å². The maximum absolute atomic E-state index is 13.5. The monoisotopic (exact) mass is 399 g/mol. The number of hydrazine groups is 1. The first-order chi connectivity index (χ1) is 14.0. The summed E-state index contributed by atoms with van der Waals surface area (Å²) in [6, 6.07) is 9.20. The number of aryl methyl sites for hydroxylation is 1. The molecule has 0 bridgehead atoms. The fourth-order valence-corrected chi connectivity index (χ4v) is 2.27. The van der Waals surface area contributed by atoms with Crippen LogP contribution in [0.25, 0.3) is 11.4 Å². The summed E-state index contributed by atoms with van der Waals surface area (Å²) in [5, 5.41) is 3.85. The molecule has 3 aromatic rings. The fraction of sp³-hybridized carbons (Fsp3) is 0.211. The molecule has 0 aliphatic rings. The maximum atomic E-state index is 13.5. The standard InChI is InChI=1S/C19H18FN5O4/c1-12(28-15-5-3-2-4-14(15)20)19(27)24-23-16(26)6-7-17-22-18(25-29-17)13-8-10-21-11-9-13/h2-5,8-12H,6-7H2,1H3,(H,23,26)(H,24,27)/t12-/m1/s1. The highest BCUT2D eigenvalue weighted by Crippen LogP contribution is 2.17. The van der Waals surface area contributed by atoms with E-state index in [2.05, 4.69) is 26.0 Å². The SMILES string of the molecule is C[C@@H](Oc1ccccc1F)C(=O)NNC(=O)CCc1nc(-c2ccncc2)no1. The van der Waals surface area contributed by atoms with Gasteiger partial charge in [0.05, 0.1) is 0 Å². The molecule has 3 rings (SSSR count). The van der Waals surface area contributed by atoms with E-state index in [9.17, 15) is 14.0 Å². The summed E-state index contributed by atoms with van der Waals surface area (Å²) in [5.41, 5.74) is 5.24. The lowest BCUT2D eigenvalue weighted by Gasteiger charge is -2.15. The first-order valence-electron chi connectivity index (χ1n) is 8.76. The molecular weight excluding hydrogens is 381 g/mol. The molecule has 10 heteroatoms. The molecule has 29 heavy (non-hydrogen) atoms. The number of benzene rings is 1. The number of ether oxygens (including phenoxy) is 1. The Morgan fingerprint density at radius 1 is 1.17 bits per heavy atom. The van der Waals surface area contributed by atoms with E-state index in [-0.39, 0.29) is 24.5 Å². The van der Waals surface area contributed by atoms with Crippen molar-refractivity contribution in [2.45, 2.75) is 25.9 Å². The quantitative estimate of drug-likeness (QED) is 0.582. The molecule has 2 amide bonds. The van der Waals surface area contributed by atoms with Gasteiger partial charge in [-0.3, -0.25) is 25.4 Å². The van der Waals surface area contributed by atoms with Gasteiger partial charge in [0.15, 0.2) is 17.7 Å². The van der Waals surface area contributed by atoms with Crippen LogP contribution in [0.1, 0.15) is 19.2 Å². The number of nitrogens with zero attached hydrogens (tertiary/aromatic N) is 3. The Hall–Kier alpha value is -3.82. The van der Waals surface area contributed by atoms with Crippen molar-refractivity contribution in [3.8, 4) is 17.1 Å². The molecule has 150 valence electrons. The van der Waals surface area contributed by atoms with E-state index in [1.54, 1.807) is 30.6 Å². The average molecular weight is 399 g/mol. The minimum atomic E-state index is -1.01. The van der Waals surface area contributed by atoms with Crippen molar-refractivity contribution in [2.24, 2.45) is 0 Å². The summed E-state index contributed by atoms with van der Waals surface area (Å²) in [6.45, 7) is 1.44. The average Bonchev–Trinajstić information content (AvgIpc) is 3.22. The van der Waals surface area contributed by atoms with E-state index in [0.29, 0.717) is 5.82 Å². The number of carbonyl (C=O) groups is 2. The van der Waals surface area contributed by atoms with Gasteiger partial charge in [-0.2, -0.15) is 4.98 Å². The topological polar surface area (TPSA) is 119 Å². The maximum Gasteiger partial charge on any atom is 0.279 e. The van der Waals surface area contributed by atoms with E-state index < -0.39 is 23.7 Å². The van der Waals surface area contributed by atoms with Gasteiger partial charge in [0.1, 0.15) is 0 Å². The number of hydrogen-bond acceptors (Lipinski definition) is 7. The molecule has 2 aromatic heterocycles. The molecule has 1 atom stereocenters. The molecule has 2 heterocycles. The third-order valence-corrected chi connectivity index (χ3v) is 3.81. The summed E-state index contributed by atoms with van der Waals surface area (Å²) >= 11 is 0. The van der Waals surface area contributed by atoms with Gasteiger partial charge in [-0.1, -0.05) is 17.3 Å². The number of para-hydroxylation sites is 1. The summed E-state index contributed by atoms with van der Waals surface area (Å²) in [6.07, 6.45) is 2.42. The molecule has 0 aliphatic carbocycles. The van der Waals surface area contributed by atoms with Crippen LogP contribution in [0.3, 0.4) is 0 Å². The normalized spacial score (nSPS) is 11.5. The van der Waals surface area contributed by atoms with Crippen LogP contribution >= 0.6 is 0 Å². The largest absolute Gasteiger partial charge is 0.478 e. The van der Waals surface area contributed by atoms with Crippen molar-refractivity contribution in [2.75, 3.05) is 0 Å². The first-order valence-corrected chi connectivity index (χ1v) is 8.76. The number of amides is 2. The lowest BCUT2D eigenvalue weighted by molar-refractivity contribution is -0.132.